The first-order valence-electron chi connectivity index (χ1n) is 9.40. The van der Waals surface area contributed by atoms with E-state index in [1.165, 1.54) is 29.2 Å². The number of anilines is 2. The summed E-state index contributed by atoms with van der Waals surface area (Å²) in [5.41, 5.74) is 1.45. The minimum atomic E-state index is -0.436. The first-order valence-corrected chi connectivity index (χ1v) is 9.77. The lowest BCUT2D eigenvalue weighted by Crippen LogP contribution is -2.48. The monoisotopic (exact) mass is 401 g/mol. The summed E-state index contributed by atoms with van der Waals surface area (Å²) in [5.74, 6) is -0.849. The third-order valence-electron chi connectivity index (χ3n) is 5.39. The van der Waals surface area contributed by atoms with Gasteiger partial charge in [-0.05, 0) is 61.4 Å². The van der Waals surface area contributed by atoms with Crippen molar-refractivity contribution in [2.75, 3.05) is 23.3 Å². The smallest absolute Gasteiger partial charge is 0.251 e. The van der Waals surface area contributed by atoms with Gasteiger partial charge >= 0.3 is 0 Å². The maximum absolute atomic E-state index is 13.1. The predicted molar refractivity (Wildman–Crippen MR) is 107 cm³/mol. The lowest BCUT2D eigenvalue weighted by atomic mass is 10.0. The van der Waals surface area contributed by atoms with Crippen molar-refractivity contribution in [3.8, 4) is 0 Å². The Bertz CT molecular complexity index is 864. The first-order chi connectivity index (χ1) is 13.5. The van der Waals surface area contributed by atoms with Gasteiger partial charge in [-0.3, -0.25) is 14.5 Å². The summed E-state index contributed by atoms with van der Waals surface area (Å²) < 4.78 is 13.1. The Morgan fingerprint density at radius 3 is 2.25 bits per heavy atom. The normalized spacial score (nSPS) is 21.4. The van der Waals surface area contributed by atoms with Crippen molar-refractivity contribution in [2.24, 2.45) is 0 Å². The highest BCUT2D eigenvalue weighted by Gasteiger charge is 2.43. The third kappa shape index (κ3) is 3.88. The van der Waals surface area contributed by atoms with Crippen molar-refractivity contribution < 1.29 is 14.0 Å². The zero-order chi connectivity index (χ0) is 19.7. The number of benzene rings is 2. The average molecular weight is 402 g/mol. The minimum absolute atomic E-state index is 0.172. The SMILES string of the molecule is O=C1C[C@@H](N2CCC(Nc3ccc(Cl)cc3)CC2)C(=O)N1c1ccc(F)cc1. The summed E-state index contributed by atoms with van der Waals surface area (Å²) in [6.07, 6.45) is 1.94. The molecule has 0 aliphatic carbocycles. The van der Waals surface area contributed by atoms with Crippen LogP contribution in [0.15, 0.2) is 48.5 Å². The van der Waals surface area contributed by atoms with Crippen molar-refractivity contribution in [3.05, 3.63) is 59.4 Å². The maximum atomic E-state index is 13.1. The van der Waals surface area contributed by atoms with E-state index in [9.17, 15) is 14.0 Å². The molecular weight excluding hydrogens is 381 g/mol. The van der Waals surface area contributed by atoms with Gasteiger partial charge in [-0.15, -0.1) is 0 Å². The van der Waals surface area contributed by atoms with Crippen LogP contribution in [0, 0.1) is 5.82 Å². The van der Waals surface area contributed by atoms with Gasteiger partial charge in [-0.25, -0.2) is 9.29 Å². The molecule has 2 fully saturated rings. The van der Waals surface area contributed by atoms with E-state index in [1.807, 2.05) is 24.3 Å². The number of carbonyl (C=O) groups is 2. The largest absolute Gasteiger partial charge is 0.382 e. The van der Waals surface area contributed by atoms with E-state index >= 15 is 0 Å². The fourth-order valence-electron chi connectivity index (χ4n) is 3.90. The van der Waals surface area contributed by atoms with Gasteiger partial charge in [0.05, 0.1) is 18.2 Å². The van der Waals surface area contributed by atoms with E-state index in [0.29, 0.717) is 16.8 Å². The van der Waals surface area contributed by atoms with Crippen LogP contribution in [-0.4, -0.2) is 41.9 Å². The van der Waals surface area contributed by atoms with E-state index in [-0.39, 0.29) is 18.2 Å². The molecule has 4 rings (SSSR count). The van der Waals surface area contributed by atoms with Crippen molar-refractivity contribution in [2.45, 2.75) is 31.3 Å². The van der Waals surface area contributed by atoms with Gasteiger partial charge in [0, 0.05) is 29.8 Å². The van der Waals surface area contributed by atoms with Crippen LogP contribution in [0.2, 0.25) is 5.02 Å². The quantitative estimate of drug-likeness (QED) is 0.794. The Morgan fingerprint density at radius 1 is 0.964 bits per heavy atom. The minimum Gasteiger partial charge on any atom is -0.382 e. The summed E-state index contributed by atoms with van der Waals surface area (Å²) >= 11 is 5.92. The molecule has 2 aliphatic heterocycles. The Balaban J connectivity index is 1.37. The van der Waals surface area contributed by atoms with Crippen LogP contribution in [0.1, 0.15) is 19.3 Å². The molecule has 28 heavy (non-hydrogen) atoms. The molecule has 2 aromatic carbocycles. The number of imide groups is 1. The van der Waals surface area contributed by atoms with Crippen LogP contribution in [0.25, 0.3) is 0 Å². The number of nitrogens with zero attached hydrogens (tertiary/aromatic N) is 2. The maximum Gasteiger partial charge on any atom is 0.251 e. The number of carbonyl (C=O) groups excluding carboxylic acids is 2. The zero-order valence-electron chi connectivity index (χ0n) is 15.3. The molecule has 0 unspecified atom stereocenters. The van der Waals surface area contributed by atoms with Gasteiger partial charge < -0.3 is 5.32 Å². The predicted octanol–water partition coefficient (Wildman–Crippen LogP) is 3.69. The molecule has 1 atom stereocenters. The molecule has 2 aliphatic rings. The molecule has 0 saturated carbocycles. The average Bonchev–Trinajstić information content (AvgIpc) is 2.99. The van der Waals surface area contributed by atoms with E-state index in [4.69, 9.17) is 11.6 Å². The van der Waals surface area contributed by atoms with Crippen molar-refractivity contribution in [1.29, 1.82) is 0 Å². The number of hydrogen-bond donors (Lipinski definition) is 1. The van der Waals surface area contributed by atoms with Crippen LogP contribution in [0.5, 0.6) is 0 Å². The van der Waals surface area contributed by atoms with E-state index in [0.717, 1.165) is 31.6 Å². The third-order valence-corrected chi connectivity index (χ3v) is 5.64. The van der Waals surface area contributed by atoms with Crippen LogP contribution in [-0.2, 0) is 9.59 Å². The number of likely N-dealkylation sites (tertiary alicyclic amines) is 1. The molecule has 2 saturated heterocycles. The zero-order valence-corrected chi connectivity index (χ0v) is 16.0. The molecule has 0 radical (unpaired) electrons. The van der Waals surface area contributed by atoms with E-state index in [2.05, 4.69) is 10.2 Å². The Kier molecular flexibility index (Phi) is 5.33. The summed E-state index contributed by atoms with van der Waals surface area (Å²) in [4.78, 5) is 28.5. The molecular formula is C21H21ClFN3O2. The molecule has 2 heterocycles. The summed E-state index contributed by atoms with van der Waals surface area (Å²) in [7, 11) is 0. The van der Waals surface area contributed by atoms with Crippen molar-refractivity contribution in [1.82, 2.24) is 4.90 Å². The van der Waals surface area contributed by atoms with E-state index < -0.39 is 11.9 Å². The first kappa shape index (κ1) is 18.9. The van der Waals surface area contributed by atoms with Crippen molar-refractivity contribution in [3.63, 3.8) is 0 Å². The van der Waals surface area contributed by atoms with Crippen LogP contribution in [0.3, 0.4) is 0 Å². The lowest BCUT2D eigenvalue weighted by molar-refractivity contribution is -0.123. The molecule has 0 spiro atoms. The number of amides is 2. The summed E-state index contributed by atoms with van der Waals surface area (Å²) in [6.45, 7) is 1.48. The topological polar surface area (TPSA) is 52.7 Å². The highest BCUT2D eigenvalue weighted by Crippen LogP contribution is 2.28. The molecule has 7 heteroatoms. The number of piperidine rings is 1. The van der Waals surface area contributed by atoms with E-state index in [1.54, 1.807) is 0 Å². The highest BCUT2D eigenvalue weighted by molar-refractivity contribution is 6.30. The second-order valence-electron chi connectivity index (χ2n) is 7.23. The number of nitrogens with one attached hydrogen (secondary N) is 1. The molecule has 5 nitrogen and oxygen atoms in total. The van der Waals surface area contributed by atoms with Gasteiger partial charge in [0.1, 0.15) is 5.82 Å². The Hall–Kier alpha value is -2.44. The molecule has 2 aromatic rings. The van der Waals surface area contributed by atoms with Crippen molar-refractivity contribution >= 4 is 34.8 Å². The molecule has 1 N–H and O–H groups in total. The summed E-state index contributed by atoms with van der Waals surface area (Å²) in [5, 5.41) is 4.20. The second kappa shape index (κ2) is 7.89. The standard InChI is InChI=1S/C21H21ClFN3O2/c22-14-1-5-16(6-2-14)24-17-9-11-25(12-10-17)19-13-20(27)26(21(19)28)18-7-3-15(23)4-8-18/h1-8,17,19,24H,9-13H2/t19-/m1/s1. The van der Waals surface area contributed by atoms with Crippen LogP contribution >= 0.6 is 11.6 Å². The van der Waals surface area contributed by atoms with Crippen LogP contribution < -0.4 is 10.2 Å². The summed E-state index contributed by atoms with van der Waals surface area (Å²) in [6, 6.07) is 13.0. The van der Waals surface area contributed by atoms with Gasteiger partial charge in [-0.2, -0.15) is 0 Å². The van der Waals surface area contributed by atoms with Crippen LogP contribution in [0.4, 0.5) is 15.8 Å². The Labute approximate surface area is 168 Å². The Morgan fingerprint density at radius 2 is 1.61 bits per heavy atom. The van der Waals surface area contributed by atoms with Gasteiger partial charge in [-0.1, -0.05) is 11.6 Å². The number of halogens is 2. The fourth-order valence-corrected chi connectivity index (χ4v) is 4.03. The molecule has 2 amide bonds. The fraction of sp³-hybridized carbons (Fsp3) is 0.333. The molecule has 0 bridgehead atoms. The lowest BCUT2D eigenvalue weighted by Gasteiger charge is -2.35. The number of hydrogen-bond acceptors (Lipinski definition) is 4. The van der Waals surface area contributed by atoms with Gasteiger partial charge in [0.25, 0.3) is 5.91 Å². The number of rotatable bonds is 4. The van der Waals surface area contributed by atoms with Gasteiger partial charge in [0.15, 0.2) is 0 Å². The molecule has 146 valence electrons. The molecule has 0 aromatic heterocycles. The highest BCUT2D eigenvalue weighted by atomic mass is 35.5. The van der Waals surface area contributed by atoms with Gasteiger partial charge in [0.2, 0.25) is 5.91 Å². The second-order valence-corrected chi connectivity index (χ2v) is 7.66.